The Kier molecular flexibility index (Phi) is 23.4. The van der Waals surface area contributed by atoms with E-state index in [4.69, 9.17) is 28.0 Å². The highest BCUT2D eigenvalue weighted by Gasteiger charge is 2.44. The van der Waals surface area contributed by atoms with Gasteiger partial charge in [-0.1, -0.05) is 109 Å². The molecule has 17 rings (SSSR count). The fourth-order valence-corrected chi connectivity index (χ4v) is 14.5. The number of fused-ring (bicyclic) bond motifs is 4. The SMILES string of the molecule is C=C1CCC[C@]1(O)C#Cc1cccc(-n2nc(C(N)=O)c3ccccc32)c1.C=C1N(C)CC[C@@]1(O)C#Cc1cccc(-n2nc(C(N)=O)c3cncnc32)c1.CN1CC[C@@](O)(C#Cc2cccc(-n3nc(C(N)=O)c4cc(-c5cnn(CCO)c5)ccc43)c2)C1=O.CNC(=O)c1ccc2c(c1)c(C(N)=O)nn2-c1cccc(C#C[C@]2(O)CCN(C)C2=O)c1. The average Bonchev–Trinajstić information content (AvgIpc) is 1.62. The van der Waals surface area contributed by atoms with Crippen LogP contribution in [0.25, 0.3) is 77.6 Å². The van der Waals surface area contributed by atoms with E-state index in [1.807, 2.05) is 109 Å². The minimum absolute atomic E-state index is 0.0190. The van der Waals surface area contributed by atoms with E-state index in [-0.39, 0.29) is 48.1 Å². The van der Waals surface area contributed by atoms with Crippen LogP contribution in [-0.4, -0.2) is 217 Å². The number of likely N-dealkylation sites (N-methyl/N-ethyl adjacent to an activating group) is 3. The van der Waals surface area contributed by atoms with Gasteiger partial charge in [-0.15, -0.1) is 0 Å². The van der Waals surface area contributed by atoms with E-state index in [1.165, 1.54) is 38.7 Å². The van der Waals surface area contributed by atoms with Crippen LogP contribution in [0, 0.1) is 47.4 Å². The molecule has 7 amide bonds. The maximum Gasteiger partial charge on any atom is 0.269 e. The molecule has 4 aliphatic rings. The first-order valence-electron chi connectivity index (χ1n) is 38.7. The molecule has 1 aliphatic carbocycles. The molecule has 4 fully saturated rings. The molecule has 13 aromatic rings. The van der Waals surface area contributed by atoms with Gasteiger partial charge in [0.05, 0.1) is 69.7 Å². The Balaban J connectivity index is 0.000000134. The highest BCUT2D eigenvalue weighted by molar-refractivity contribution is 6.09. The number of aliphatic hydroxyl groups excluding tert-OH is 1. The molecule has 6 aromatic heterocycles. The Bertz CT molecular complexity index is 6810. The van der Waals surface area contributed by atoms with Crippen molar-refractivity contribution in [2.75, 3.05) is 54.4 Å². The number of hydrogen-bond acceptors (Lipinski definition) is 20. The summed E-state index contributed by atoms with van der Waals surface area (Å²) in [6.07, 6.45) is 9.72. The first-order chi connectivity index (χ1) is 58.9. The van der Waals surface area contributed by atoms with E-state index in [9.17, 15) is 54.0 Å². The third-order valence-electron chi connectivity index (χ3n) is 21.4. The Morgan fingerprint density at radius 3 is 1.38 bits per heavy atom. The number of rotatable bonds is 12. The van der Waals surface area contributed by atoms with Crippen LogP contribution in [0.3, 0.4) is 0 Å². The smallest absolute Gasteiger partial charge is 0.269 e. The third kappa shape index (κ3) is 17.2. The number of nitrogens with two attached hydrogens (primary N) is 4. The summed E-state index contributed by atoms with van der Waals surface area (Å²) >= 11 is 0. The predicted octanol–water partition coefficient (Wildman–Crippen LogP) is 5.15. The Labute approximate surface area is 703 Å². The monoisotopic (exact) mass is 1650 g/mol. The highest BCUT2D eigenvalue weighted by atomic mass is 16.3. The van der Waals surface area contributed by atoms with Crippen molar-refractivity contribution in [2.24, 2.45) is 22.9 Å². The lowest BCUT2D eigenvalue weighted by atomic mass is 9.98. The quantitative estimate of drug-likeness (QED) is 0.0558. The molecule has 9 heterocycles. The van der Waals surface area contributed by atoms with Gasteiger partial charge in [-0.25, -0.2) is 28.7 Å². The van der Waals surface area contributed by atoms with Gasteiger partial charge in [-0.05, 0) is 140 Å². The first-order valence-corrected chi connectivity index (χ1v) is 38.7. The van der Waals surface area contributed by atoms with E-state index in [1.54, 1.807) is 101 Å². The number of nitrogens with zero attached hydrogens (tertiary/aromatic N) is 15. The molecule has 1 saturated carbocycles. The van der Waals surface area contributed by atoms with Crippen LogP contribution in [0.1, 0.15) is 113 Å². The van der Waals surface area contributed by atoms with Gasteiger partial charge in [0.25, 0.3) is 41.4 Å². The molecule has 3 aliphatic heterocycles. The molecule has 7 aromatic carbocycles. The summed E-state index contributed by atoms with van der Waals surface area (Å²) in [7, 11) is 6.65. The van der Waals surface area contributed by atoms with Crippen molar-refractivity contribution in [2.45, 2.75) is 67.5 Å². The van der Waals surface area contributed by atoms with E-state index in [0.29, 0.717) is 122 Å². The van der Waals surface area contributed by atoms with Gasteiger partial charge in [0.2, 0.25) is 11.2 Å². The molecule has 123 heavy (non-hydrogen) atoms. The summed E-state index contributed by atoms with van der Waals surface area (Å²) in [5, 5.41) is 78.0. The molecule has 4 atom stereocenters. The lowest BCUT2D eigenvalue weighted by Gasteiger charge is -2.19. The van der Waals surface area contributed by atoms with E-state index in [0.717, 1.165) is 46.3 Å². The fourth-order valence-electron chi connectivity index (χ4n) is 14.5. The number of primary amides is 4. The van der Waals surface area contributed by atoms with Crippen LogP contribution in [0.4, 0.5) is 0 Å². The van der Waals surface area contributed by atoms with E-state index in [2.05, 4.69) is 101 Å². The van der Waals surface area contributed by atoms with Gasteiger partial charge < -0.3 is 68.5 Å². The van der Waals surface area contributed by atoms with Crippen LogP contribution in [0.15, 0.2) is 207 Å². The fraction of sp³-hybridized carbons (Fsp3) is 0.209. The number of amides is 7. The summed E-state index contributed by atoms with van der Waals surface area (Å²) in [6, 6.07) is 46.8. The normalized spacial score (nSPS) is 18.2. The van der Waals surface area contributed by atoms with Gasteiger partial charge in [0, 0.05) is 129 Å². The molecule has 32 heteroatoms. The van der Waals surface area contributed by atoms with Crippen LogP contribution < -0.4 is 28.3 Å². The van der Waals surface area contributed by atoms with Crippen molar-refractivity contribution in [1.29, 1.82) is 0 Å². The van der Waals surface area contributed by atoms with Crippen LogP contribution in [0.2, 0.25) is 0 Å². The maximum atomic E-state index is 12.2. The Hall–Kier alpha value is -15.7. The van der Waals surface area contributed by atoms with Gasteiger partial charge in [0.1, 0.15) is 11.9 Å². The summed E-state index contributed by atoms with van der Waals surface area (Å²) in [6.45, 7) is 9.81. The molecular formula is C91H82N20O12. The topological polar surface area (TPSA) is 461 Å². The lowest BCUT2D eigenvalue weighted by Crippen LogP contribution is -2.37. The zero-order chi connectivity index (χ0) is 87.4. The molecular weight excluding hydrogens is 1570 g/mol. The number of nitrogens with one attached hydrogen (secondary N) is 1. The lowest BCUT2D eigenvalue weighted by molar-refractivity contribution is -0.138. The van der Waals surface area contributed by atoms with Crippen molar-refractivity contribution in [1.82, 2.24) is 78.9 Å². The summed E-state index contributed by atoms with van der Waals surface area (Å²) in [4.78, 5) is 96.9. The van der Waals surface area contributed by atoms with Gasteiger partial charge in [0.15, 0.2) is 34.0 Å². The highest BCUT2D eigenvalue weighted by Crippen LogP contribution is 2.36. The van der Waals surface area contributed by atoms with Crippen molar-refractivity contribution in [3.63, 3.8) is 0 Å². The molecule has 3 saturated heterocycles. The Morgan fingerprint density at radius 1 is 0.480 bits per heavy atom. The average molecular weight is 1650 g/mol. The van der Waals surface area contributed by atoms with Gasteiger partial charge in [-0.2, -0.15) is 25.5 Å². The second-order valence-corrected chi connectivity index (χ2v) is 29.7. The van der Waals surface area contributed by atoms with E-state index < -0.39 is 57.8 Å². The summed E-state index contributed by atoms with van der Waals surface area (Å²) in [5.74, 6) is 19.4. The number of likely N-dealkylation sites (tertiary alicyclic amines) is 3. The van der Waals surface area contributed by atoms with Crippen LogP contribution >= 0.6 is 0 Å². The third-order valence-corrected chi connectivity index (χ3v) is 21.4. The standard InChI is InChI=1S/C26H24N6O4.C23H21N5O4.C22H19N3O2.C20H18N6O2/c1-30-10-9-26(36,25(30)35)8-7-17-3-2-4-20(13-17)32-22-6-5-18(14-21(22)23(29-32)24(27)34)19-15-28-31(16-19)11-12-33;1-25-21(30)15-6-7-18-17(13-15)19(20(24)29)26-28(18)16-5-3-4-14(12-16)8-9-23(32)10-11-27(2)22(23)31;1-15-6-5-12-22(15,27)13-11-16-7-4-8-17(14-16)25-19-10-3-2-9-18(19)20(24-25)21(23)26;1-13-20(28,8-9-25(13)2)7-6-14-4-3-5-15(10-14)26-19-16(11-22-12-23-19)17(24-26)18(21)27/h2-6,13-16,33,36H,9-12H2,1H3,(H2,27,34);3-7,12-13,32H,10-11H2,1-2H3,(H2,24,29)(H,25,30);2-4,7-10,14,27H,1,5-6,12H2,(H2,23,26);3-5,10-12,28H,1,8-9H2,2H3,(H2,21,27)/t26-;23-;22-;20-/m0000/s1. The molecule has 0 spiro atoms. The zero-order valence-corrected chi connectivity index (χ0v) is 67.1. The number of hydrogen-bond donors (Lipinski definition) is 10. The first kappa shape index (κ1) is 83.8. The molecule has 32 nitrogen and oxygen atoms in total. The molecule has 0 bridgehead atoms. The number of para-hydroxylation sites is 1. The molecule has 14 N–H and O–H groups in total. The molecule has 0 unspecified atom stereocenters. The minimum Gasteiger partial charge on any atom is -0.394 e. The van der Waals surface area contributed by atoms with Crippen LogP contribution in [0.5, 0.6) is 0 Å². The second kappa shape index (κ2) is 34.3. The largest absolute Gasteiger partial charge is 0.394 e. The van der Waals surface area contributed by atoms with Crippen molar-refractivity contribution >= 4 is 85.1 Å². The zero-order valence-electron chi connectivity index (χ0n) is 67.1. The molecule has 618 valence electrons. The molecule has 0 radical (unpaired) electrons. The van der Waals surface area contributed by atoms with Gasteiger partial charge >= 0.3 is 0 Å². The maximum absolute atomic E-state index is 12.2. The number of benzene rings is 7. The number of carbonyl (C=O) groups excluding carboxylic acids is 7. The van der Waals surface area contributed by atoms with Crippen molar-refractivity contribution in [3.05, 3.63) is 258 Å². The summed E-state index contributed by atoms with van der Waals surface area (Å²) < 4.78 is 8.00. The number of carbonyl (C=O) groups is 7. The summed E-state index contributed by atoms with van der Waals surface area (Å²) in [5.41, 5.74) is 28.0. The minimum atomic E-state index is -1.70. The van der Waals surface area contributed by atoms with Crippen molar-refractivity contribution in [3.8, 4) is 81.2 Å². The van der Waals surface area contributed by atoms with E-state index >= 15 is 0 Å². The van der Waals surface area contributed by atoms with Crippen LogP contribution in [-0.2, 0) is 16.1 Å². The number of aromatic nitrogens is 12. The second-order valence-electron chi connectivity index (χ2n) is 29.7. The predicted molar refractivity (Wildman–Crippen MR) is 457 cm³/mol. The number of aliphatic hydroxyl groups is 5. The Morgan fingerprint density at radius 2 is 0.919 bits per heavy atom. The van der Waals surface area contributed by atoms with Gasteiger partial charge in [-0.3, -0.25) is 38.2 Å². The van der Waals surface area contributed by atoms with Crippen molar-refractivity contribution < 1.29 is 59.1 Å².